The fourth-order valence-electron chi connectivity index (χ4n) is 1.94. The first kappa shape index (κ1) is 14.7. The number of hydrogen-bond acceptors (Lipinski definition) is 5. The molecular formula is C11H17N5O3S. The Morgan fingerprint density at radius 2 is 2.25 bits per heavy atom. The zero-order valence-electron chi connectivity index (χ0n) is 11.3. The minimum absolute atomic E-state index is 0.0196. The van der Waals surface area contributed by atoms with Gasteiger partial charge in [0, 0.05) is 19.8 Å². The van der Waals surface area contributed by atoms with E-state index in [1.807, 2.05) is 6.20 Å². The number of aliphatic hydroxyl groups is 1. The van der Waals surface area contributed by atoms with E-state index in [0.29, 0.717) is 12.1 Å². The van der Waals surface area contributed by atoms with Crippen molar-refractivity contribution in [3.05, 3.63) is 29.3 Å². The summed E-state index contributed by atoms with van der Waals surface area (Å²) in [5, 5.41) is 19.5. The summed E-state index contributed by atoms with van der Waals surface area (Å²) in [5.74, 6) is 0. The molecule has 2 aromatic rings. The van der Waals surface area contributed by atoms with Gasteiger partial charge >= 0.3 is 0 Å². The summed E-state index contributed by atoms with van der Waals surface area (Å²) in [6.07, 6.45) is 4.06. The standard InChI is InChI=1S/C11H17N5O3S/c1-8-11(10(7-17)15-14-8)20(18,19)13-4-3-9-5-12-16(2)6-9/h5-6,13,17H,3-4,7H2,1-2H3,(H,14,15). The number of H-pyrrole nitrogens is 1. The molecule has 0 spiro atoms. The van der Waals surface area contributed by atoms with Crippen LogP contribution in [0.1, 0.15) is 17.0 Å². The normalized spacial score (nSPS) is 11.9. The summed E-state index contributed by atoms with van der Waals surface area (Å²) in [7, 11) is -1.88. The lowest BCUT2D eigenvalue weighted by Crippen LogP contribution is -2.27. The molecular weight excluding hydrogens is 282 g/mol. The molecule has 2 aromatic heterocycles. The predicted molar refractivity (Wildman–Crippen MR) is 71.3 cm³/mol. The van der Waals surface area contributed by atoms with E-state index in [4.69, 9.17) is 5.11 Å². The highest BCUT2D eigenvalue weighted by molar-refractivity contribution is 7.89. The van der Waals surface area contributed by atoms with Gasteiger partial charge in [-0.1, -0.05) is 0 Å². The molecule has 0 atom stereocenters. The number of nitrogens with one attached hydrogen (secondary N) is 2. The van der Waals surface area contributed by atoms with Gasteiger partial charge < -0.3 is 5.11 Å². The summed E-state index contributed by atoms with van der Waals surface area (Å²) in [6, 6.07) is 0. The molecule has 0 amide bonds. The Balaban J connectivity index is 2.06. The molecule has 0 bridgehead atoms. The van der Waals surface area contributed by atoms with Crippen molar-refractivity contribution in [2.45, 2.75) is 24.8 Å². The van der Waals surface area contributed by atoms with Gasteiger partial charge in [0.2, 0.25) is 10.0 Å². The lowest BCUT2D eigenvalue weighted by atomic mass is 10.3. The van der Waals surface area contributed by atoms with E-state index < -0.39 is 16.6 Å². The average Bonchev–Trinajstić information content (AvgIpc) is 2.95. The van der Waals surface area contributed by atoms with Gasteiger partial charge in [-0.3, -0.25) is 9.78 Å². The van der Waals surface area contributed by atoms with E-state index in [1.165, 1.54) is 0 Å². The predicted octanol–water partition coefficient (Wildman–Crippen LogP) is -0.535. The van der Waals surface area contributed by atoms with Crippen molar-refractivity contribution >= 4 is 10.0 Å². The minimum atomic E-state index is -3.68. The molecule has 0 saturated carbocycles. The van der Waals surface area contributed by atoms with Gasteiger partial charge in [-0.2, -0.15) is 10.2 Å². The Bertz CT molecular complexity index is 689. The fourth-order valence-corrected chi connectivity index (χ4v) is 3.32. The molecule has 0 aromatic carbocycles. The number of aliphatic hydroxyl groups excluding tert-OH is 1. The maximum Gasteiger partial charge on any atom is 0.244 e. The molecule has 0 unspecified atom stereocenters. The van der Waals surface area contributed by atoms with Crippen LogP contribution >= 0.6 is 0 Å². The van der Waals surface area contributed by atoms with Crippen molar-refractivity contribution in [3.8, 4) is 0 Å². The first-order valence-electron chi connectivity index (χ1n) is 6.06. The number of rotatable bonds is 6. The van der Waals surface area contributed by atoms with Crippen LogP contribution in [0, 0.1) is 6.92 Å². The molecule has 9 heteroatoms. The van der Waals surface area contributed by atoms with Crippen LogP contribution in [0.15, 0.2) is 17.3 Å². The zero-order valence-corrected chi connectivity index (χ0v) is 12.1. The van der Waals surface area contributed by atoms with Gasteiger partial charge in [0.25, 0.3) is 0 Å². The van der Waals surface area contributed by atoms with Gasteiger partial charge in [0.05, 0.1) is 18.5 Å². The Morgan fingerprint density at radius 3 is 2.85 bits per heavy atom. The highest BCUT2D eigenvalue weighted by atomic mass is 32.2. The third kappa shape index (κ3) is 3.06. The highest BCUT2D eigenvalue weighted by Gasteiger charge is 2.23. The summed E-state index contributed by atoms with van der Waals surface area (Å²) >= 11 is 0. The molecule has 110 valence electrons. The van der Waals surface area contributed by atoms with E-state index in [1.54, 1.807) is 24.9 Å². The maximum absolute atomic E-state index is 12.2. The quantitative estimate of drug-likeness (QED) is 0.663. The summed E-state index contributed by atoms with van der Waals surface area (Å²) < 4.78 is 28.5. The molecule has 2 heterocycles. The van der Waals surface area contributed by atoms with Crippen LogP contribution in [0.3, 0.4) is 0 Å². The van der Waals surface area contributed by atoms with Crippen molar-refractivity contribution in [2.24, 2.45) is 7.05 Å². The Labute approximate surface area is 116 Å². The zero-order chi connectivity index (χ0) is 14.8. The lowest BCUT2D eigenvalue weighted by molar-refractivity contribution is 0.273. The second-order valence-corrected chi connectivity index (χ2v) is 6.16. The van der Waals surface area contributed by atoms with Gasteiger partial charge in [-0.15, -0.1) is 0 Å². The van der Waals surface area contributed by atoms with Crippen LogP contribution in [-0.2, 0) is 30.1 Å². The van der Waals surface area contributed by atoms with E-state index >= 15 is 0 Å². The third-order valence-corrected chi connectivity index (χ3v) is 4.51. The van der Waals surface area contributed by atoms with Crippen molar-refractivity contribution in [2.75, 3.05) is 6.54 Å². The van der Waals surface area contributed by atoms with Crippen LogP contribution in [-0.4, -0.2) is 40.0 Å². The third-order valence-electron chi connectivity index (χ3n) is 2.84. The van der Waals surface area contributed by atoms with Crippen LogP contribution in [0.4, 0.5) is 0 Å². The van der Waals surface area contributed by atoms with E-state index in [-0.39, 0.29) is 17.1 Å². The minimum Gasteiger partial charge on any atom is -0.390 e. The second-order valence-electron chi connectivity index (χ2n) is 4.45. The topological polar surface area (TPSA) is 113 Å². The number of nitrogens with zero attached hydrogens (tertiary/aromatic N) is 3. The summed E-state index contributed by atoms with van der Waals surface area (Å²) in [6.45, 7) is 1.43. The number of aromatic amines is 1. The Hall–Kier alpha value is -1.71. The largest absolute Gasteiger partial charge is 0.390 e. The number of aryl methyl sites for hydroxylation is 2. The summed E-state index contributed by atoms with van der Waals surface area (Å²) in [4.78, 5) is 0.0196. The molecule has 3 N–H and O–H groups in total. The van der Waals surface area contributed by atoms with Gasteiger partial charge in [-0.05, 0) is 18.9 Å². The monoisotopic (exact) mass is 299 g/mol. The molecule has 0 fully saturated rings. The molecule has 0 aliphatic carbocycles. The smallest absolute Gasteiger partial charge is 0.244 e. The molecule has 8 nitrogen and oxygen atoms in total. The van der Waals surface area contributed by atoms with Crippen molar-refractivity contribution in [3.63, 3.8) is 0 Å². The molecule has 2 rings (SSSR count). The van der Waals surface area contributed by atoms with E-state index in [0.717, 1.165) is 5.56 Å². The Morgan fingerprint density at radius 1 is 1.50 bits per heavy atom. The summed E-state index contributed by atoms with van der Waals surface area (Å²) in [5.41, 5.74) is 1.47. The number of hydrogen-bond donors (Lipinski definition) is 3. The SMILES string of the molecule is Cc1[nH]nc(CO)c1S(=O)(=O)NCCc1cnn(C)c1. The highest BCUT2D eigenvalue weighted by Crippen LogP contribution is 2.17. The first-order chi connectivity index (χ1) is 9.44. The first-order valence-corrected chi connectivity index (χ1v) is 7.54. The van der Waals surface area contributed by atoms with E-state index in [9.17, 15) is 8.42 Å². The maximum atomic E-state index is 12.2. The van der Waals surface area contributed by atoms with Gasteiger partial charge in [0.15, 0.2) is 0 Å². The van der Waals surface area contributed by atoms with E-state index in [2.05, 4.69) is 20.0 Å². The molecule has 0 radical (unpaired) electrons. The number of aromatic nitrogens is 4. The average molecular weight is 299 g/mol. The number of sulfonamides is 1. The second kappa shape index (κ2) is 5.73. The molecule has 20 heavy (non-hydrogen) atoms. The van der Waals surface area contributed by atoms with Gasteiger partial charge in [0.1, 0.15) is 10.6 Å². The van der Waals surface area contributed by atoms with Crippen molar-refractivity contribution < 1.29 is 13.5 Å². The van der Waals surface area contributed by atoms with Crippen molar-refractivity contribution in [1.29, 1.82) is 0 Å². The fraction of sp³-hybridized carbons (Fsp3) is 0.455. The lowest BCUT2D eigenvalue weighted by Gasteiger charge is -2.06. The van der Waals surface area contributed by atoms with Crippen LogP contribution in [0.5, 0.6) is 0 Å². The molecule has 0 aliphatic heterocycles. The van der Waals surface area contributed by atoms with Crippen LogP contribution in [0.2, 0.25) is 0 Å². The molecule has 0 saturated heterocycles. The van der Waals surface area contributed by atoms with Crippen molar-refractivity contribution in [1.82, 2.24) is 24.7 Å². The van der Waals surface area contributed by atoms with Crippen LogP contribution < -0.4 is 4.72 Å². The van der Waals surface area contributed by atoms with Crippen LogP contribution in [0.25, 0.3) is 0 Å². The molecule has 0 aliphatic rings. The van der Waals surface area contributed by atoms with Gasteiger partial charge in [-0.25, -0.2) is 13.1 Å². The Kier molecular flexibility index (Phi) is 4.21.